The molecule has 1 fully saturated rings. The molecule has 4 atom stereocenters. The van der Waals surface area contributed by atoms with Crippen molar-refractivity contribution in [2.45, 2.75) is 83.0 Å². The van der Waals surface area contributed by atoms with E-state index in [1.54, 1.807) is 12.1 Å². The first-order valence-corrected chi connectivity index (χ1v) is 19.0. The number of nitrogens with one attached hydrogen (secondary N) is 2. The van der Waals surface area contributed by atoms with Crippen LogP contribution in [0.3, 0.4) is 0 Å². The molecule has 5 aromatic rings. The van der Waals surface area contributed by atoms with Crippen LogP contribution in [0, 0.1) is 0 Å². The molecule has 6 rings (SSSR count). The molecule has 0 aliphatic carbocycles. The molecule has 9 nitrogen and oxygen atoms in total. The number of aliphatic hydroxyl groups excluding tert-OH is 1. The van der Waals surface area contributed by atoms with Crippen molar-refractivity contribution in [3.05, 3.63) is 138 Å². The molecule has 0 aromatic heterocycles. The second-order valence-electron chi connectivity index (χ2n) is 14.3. The van der Waals surface area contributed by atoms with E-state index in [1.807, 2.05) is 60.7 Å². The number of fused-ring (bicyclic) bond motifs is 1. The molecule has 4 unspecified atom stereocenters. The number of carbonyl (C=O) groups excluding carboxylic acids is 2. The van der Waals surface area contributed by atoms with Crippen LogP contribution in [0.15, 0.2) is 115 Å². The second-order valence-corrected chi connectivity index (χ2v) is 14.3. The average Bonchev–Trinajstić information content (AvgIpc) is 3.19. The third-order valence-electron chi connectivity index (χ3n) is 10.3. The molecular weight excluding hydrogens is 677 g/mol. The number of nitrogens with two attached hydrogens (primary N) is 1. The summed E-state index contributed by atoms with van der Waals surface area (Å²) >= 11 is 0. The summed E-state index contributed by atoms with van der Waals surface area (Å²) in [5.41, 5.74) is 11.8. The summed E-state index contributed by atoms with van der Waals surface area (Å²) < 4.78 is 13.2. The molecule has 0 bridgehead atoms. The van der Waals surface area contributed by atoms with Crippen molar-refractivity contribution >= 4 is 39.6 Å². The molecule has 2 amide bonds. The van der Waals surface area contributed by atoms with Gasteiger partial charge in [0.1, 0.15) is 0 Å². The fourth-order valence-electron chi connectivity index (χ4n) is 6.93. The lowest BCUT2D eigenvalue weighted by Gasteiger charge is -2.39. The van der Waals surface area contributed by atoms with E-state index in [-0.39, 0.29) is 36.7 Å². The zero-order valence-corrected chi connectivity index (χ0v) is 31.2. The smallest absolute Gasteiger partial charge is 0.224 e. The van der Waals surface area contributed by atoms with Gasteiger partial charge in [-0.2, -0.15) is 0 Å². The molecule has 1 saturated heterocycles. The molecule has 0 radical (unpaired) electrons. The Labute approximate surface area is 318 Å². The third-order valence-corrected chi connectivity index (χ3v) is 10.3. The maximum Gasteiger partial charge on any atom is 0.224 e. The van der Waals surface area contributed by atoms with Crippen molar-refractivity contribution in [1.82, 2.24) is 4.90 Å². The van der Waals surface area contributed by atoms with Crippen molar-refractivity contribution in [2.24, 2.45) is 0 Å². The summed E-state index contributed by atoms with van der Waals surface area (Å²) in [4.78, 5) is 27.3. The Bertz CT molecular complexity index is 1980. The average molecular weight is 729 g/mol. The minimum atomic E-state index is -0.590. The number of para-hydroxylation sites is 2. The monoisotopic (exact) mass is 728 g/mol. The Hall–Kier alpha value is -5.06. The maximum absolute atomic E-state index is 12.7. The SMILES string of the molecule is CC(c1ccc2ccccc2c1)N(C)CC1CC(c2ccc(CO)cc2)OC(c2ccc(NC(=O)CCCCCCC(=O)Nc3ccccc3N)cc2)O1. The highest BCUT2D eigenvalue weighted by Crippen LogP contribution is 2.39. The van der Waals surface area contributed by atoms with Gasteiger partial charge < -0.3 is 30.9 Å². The van der Waals surface area contributed by atoms with Gasteiger partial charge in [0.2, 0.25) is 11.8 Å². The molecule has 1 aliphatic rings. The lowest BCUT2D eigenvalue weighted by atomic mass is 9.98. The van der Waals surface area contributed by atoms with Crippen LogP contribution in [0.2, 0.25) is 0 Å². The van der Waals surface area contributed by atoms with Gasteiger partial charge in [-0.05, 0) is 84.6 Å². The molecule has 5 N–H and O–H groups in total. The Morgan fingerprint density at radius 1 is 0.778 bits per heavy atom. The van der Waals surface area contributed by atoms with Gasteiger partial charge in [0, 0.05) is 43.1 Å². The van der Waals surface area contributed by atoms with Crippen molar-refractivity contribution in [2.75, 3.05) is 30.0 Å². The summed E-state index contributed by atoms with van der Waals surface area (Å²) in [7, 11) is 2.14. The molecule has 54 heavy (non-hydrogen) atoms. The summed E-state index contributed by atoms with van der Waals surface area (Å²) in [6, 6.07) is 38.1. The Morgan fingerprint density at radius 2 is 1.43 bits per heavy atom. The van der Waals surface area contributed by atoms with Gasteiger partial charge in [0.05, 0.1) is 30.2 Å². The second kappa shape index (κ2) is 18.8. The number of benzene rings is 5. The summed E-state index contributed by atoms with van der Waals surface area (Å²) in [5.74, 6) is -0.0972. The topological polar surface area (TPSA) is 126 Å². The standard InChI is InChI=1S/C45H52N4O5/c1-31(36-22-21-33-11-7-8-12-37(33)27-36)49(2)29-39-28-42(34-19-17-32(30-50)18-20-34)54-45(53-39)35-23-25-38(26-24-35)47-43(51)15-5-3-4-6-16-44(52)48-41-14-10-9-13-40(41)46/h7-14,17-27,31,39,42,45,50H,3-6,15-16,28-30,46H2,1-2H3,(H,47,51)(H,48,52). The van der Waals surface area contributed by atoms with E-state index in [0.29, 0.717) is 42.9 Å². The minimum absolute atomic E-state index is 0.00723. The Morgan fingerprint density at radius 3 is 2.13 bits per heavy atom. The highest BCUT2D eigenvalue weighted by Gasteiger charge is 2.33. The van der Waals surface area contributed by atoms with E-state index >= 15 is 0 Å². The van der Waals surface area contributed by atoms with E-state index in [0.717, 1.165) is 42.4 Å². The first kappa shape index (κ1) is 38.7. The molecule has 0 spiro atoms. The predicted octanol–water partition coefficient (Wildman–Crippen LogP) is 9.07. The zero-order chi connectivity index (χ0) is 37.9. The van der Waals surface area contributed by atoms with Gasteiger partial charge in [0.25, 0.3) is 0 Å². The first-order valence-electron chi connectivity index (χ1n) is 19.0. The van der Waals surface area contributed by atoms with Gasteiger partial charge >= 0.3 is 0 Å². The summed E-state index contributed by atoms with van der Waals surface area (Å²) in [6.45, 7) is 2.93. The number of rotatable bonds is 16. The summed E-state index contributed by atoms with van der Waals surface area (Å²) in [5, 5.41) is 17.9. The quantitative estimate of drug-likeness (QED) is 0.0590. The fraction of sp³-hybridized carbons (Fsp3) is 0.333. The van der Waals surface area contributed by atoms with Gasteiger partial charge in [-0.3, -0.25) is 14.5 Å². The molecule has 1 heterocycles. The lowest BCUT2D eigenvalue weighted by Crippen LogP contribution is -2.38. The van der Waals surface area contributed by atoms with Crippen LogP contribution in [0.5, 0.6) is 0 Å². The number of amides is 2. The van der Waals surface area contributed by atoms with E-state index in [1.165, 1.54) is 16.3 Å². The molecule has 5 aromatic carbocycles. The highest BCUT2D eigenvalue weighted by molar-refractivity contribution is 5.93. The number of carbonyl (C=O) groups is 2. The van der Waals surface area contributed by atoms with E-state index < -0.39 is 6.29 Å². The van der Waals surface area contributed by atoms with Crippen LogP contribution < -0.4 is 16.4 Å². The molecule has 282 valence electrons. The lowest BCUT2D eigenvalue weighted by molar-refractivity contribution is -0.253. The van der Waals surface area contributed by atoms with E-state index in [9.17, 15) is 14.7 Å². The number of hydrogen-bond acceptors (Lipinski definition) is 7. The number of nitrogen functional groups attached to an aromatic ring is 1. The number of anilines is 3. The van der Waals surface area contributed by atoms with Crippen molar-refractivity contribution in [1.29, 1.82) is 0 Å². The predicted molar refractivity (Wildman–Crippen MR) is 216 cm³/mol. The van der Waals surface area contributed by atoms with Gasteiger partial charge in [-0.15, -0.1) is 0 Å². The number of likely N-dealkylation sites (N-methyl/N-ethyl adjacent to an activating group) is 1. The number of aliphatic hydroxyl groups is 1. The van der Waals surface area contributed by atoms with Crippen molar-refractivity contribution < 1.29 is 24.2 Å². The van der Waals surface area contributed by atoms with Crippen LogP contribution in [0.1, 0.15) is 92.6 Å². The summed E-state index contributed by atoms with van der Waals surface area (Å²) in [6.07, 6.45) is 3.86. The molecule has 9 heteroatoms. The minimum Gasteiger partial charge on any atom is -0.397 e. The Kier molecular flexibility index (Phi) is 13.5. The fourth-order valence-corrected chi connectivity index (χ4v) is 6.93. The largest absolute Gasteiger partial charge is 0.397 e. The van der Waals surface area contributed by atoms with Crippen LogP contribution >= 0.6 is 0 Å². The zero-order valence-electron chi connectivity index (χ0n) is 31.2. The first-order chi connectivity index (χ1) is 26.2. The maximum atomic E-state index is 12.7. The van der Waals surface area contributed by atoms with E-state index in [2.05, 4.69) is 72.0 Å². The number of unbranched alkanes of at least 4 members (excludes halogenated alkanes) is 3. The van der Waals surface area contributed by atoms with Gasteiger partial charge in [0.15, 0.2) is 6.29 Å². The molecule has 1 aliphatic heterocycles. The van der Waals surface area contributed by atoms with Crippen LogP contribution in [-0.4, -0.2) is 41.5 Å². The number of nitrogens with zero attached hydrogens (tertiary/aromatic N) is 1. The number of hydrogen-bond donors (Lipinski definition) is 4. The Balaban J connectivity index is 1.01. The number of ether oxygens (including phenoxy) is 2. The van der Waals surface area contributed by atoms with Crippen LogP contribution in [-0.2, 0) is 25.7 Å². The van der Waals surface area contributed by atoms with Crippen LogP contribution in [0.25, 0.3) is 10.8 Å². The highest BCUT2D eigenvalue weighted by atomic mass is 16.7. The van der Waals surface area contributed by atoms with Crippen LogP contribution in [0.4, 0.5) is 17.1 Å². The molecular formula is C45H52N4O5. The van der Waals surface area contributed by atoms with Gasteiger partial charge in [-0.1, -0.05) is 97.8 Å². The molecule has 0 saturated carbocycles. The van der Waals surface area contributed by atoms with Crippen molar-refractivity contribution in [3.8, 4) is 0 Å². The normalized spacial score (nSPS) is 17.7. The third kappa shape index (κ3) is 10.5. The van der Waals surface area contributed by atoms with Gasteiger partial charge in [-0.25, -0.2) is 0 Å². The van der Waals surface area contributed by atoms with E-state index in [4.69, 9.17) is 15.2 Å². The van der Waals surface area contributed by atoms with Crippen molar-refractivity contribution in [3.63, 3.8) is 0 Å².